The number of halogens is 1. The predicted octanol–water partition coefficient (Wildman–Crippen LogP) is 4.64. The first-order valence-electron chi connectivity index (χ1n) is 5.83. The number of hydrogen-bond acceptors (Lipinski definition) is 0. The quantitative estimate of drug-likeness (QED) is 0.639. The maximum atomic E-state index is 6.29. The van der Waals surface area contributed by atoms with E-state index in [4.69, 9.17) is 11.6 Å². The van der Waals surface area contributed by atoms with Crippen LogP contribution in [0.4, 0.5) is 0 Å². The van der Waals surface area contributed by atoms with Crippen LogP contribution in [0.1, 0.15) is 42.9 Å². The van der Waals surface area contributed by atoms with Crippen molar-refractivity contribution in [3.8, 4) is 0 Å². The average Bonchev–Trinajstić information content (AvgIpc) is 2.20. The molecule has 0 radical (unpaired) electrons. The minimum Gasteiger partial charge on any atom is -0.123 e. The van der Waals surface area contributed by atoms with E-state index >= 15 is 0 Å². The summed E-state index contributed by atoms with van der Waals surface area (Å²) >= 11 is 6.29. The zero-order chi connectivity index (χ0) is 11.3. The third-order valence-corrected chi connectivity index (χ3v) is 3.27. The van der Waals surface area contributed by atoms with Gasteiger partial charge in [-0.1, -0.05) is 38.0 Å². The van der Waals surface area contributed by atoms with Gasteiger partial charge in [0.25, 0.3) is 0 Å². The molecule has 0 aromatic heterocycles. The van der Waals surface area contributed by atoms with Gasteiger partial charge in [0.1, 0.15) is 0 Å². The number of benzene rings is 1. The van der Waals surface area contributed by atoms with Gasteiger partial charge in [0.05, 0.1) is 0 Å². The number of unbranched alkanes of at least 4 members (excludes halogenated alkanes) is 1. The summed E-state index contributed by atoms with van der Waals surface area (Å²) in [5.74, 6) is 0. The monoisotopic (exact) mass is 224 g/mol. The maximum Gasteiger partial charge on any atom is 0.0376 e. The van der Waals surface area contributed by atoms with Gasteiger partial charge in [-0.05, 0) is 43.4 Å². The second kappa shape index (κ2) is 6.17. The third-order valence-electron chi connectivity index (χ3n) is 2.90. The van der Waals surface area contributed by atoms with Gasteiger partial charge in [-0.15, -0.1) is 11.6 Å². The van der Waals surface area contributed by atoms with E-state index in [2.05, 4.69) is 39.0 Å². The van der Waals surface area contributed by atoms with Gasteiger partial charge >= 0.3 is 0 Å². The van der Waals surface area contributed by atoms with Crippen LogP contribution >= 0.6 is 11.6 Å². The molecular formula is C14H21Cl. The fraction of sp³-hybridized carbons (Fsp3) is 0.571. The van der Waals surface area contributed by atoms with Crippen molar-refractivity contribution < 1.29 is 0 Å². The Morgan fingerprint density at radius 2 is 1.93 bits per heavy atom. The molecule has 1 rings (SSSR count). The largest absolute Gasteiger partial charge is 0.123 e. The van der Waals surface area contributed by atoms with Crippen molar-refractivity contribution in [1.29, 1.82) is 0 Å². The molecule has 0 saturated carbocycles. The van der Waals surface area contributed by atoms with Crippen molar-refractivity contribution >= 4 is 11.6 Å². The Kier molecular flexibility index (Phi) is 5.17. The van der Waals surface area contributed by atoms with Crippen molar-refractivity contribution in [3.05, 3.63) is 34.9 Å². The number of hydrogen-bond donors (Lipinski definition) is 0. The zero-order valence-electron chi connectivity index (χ0n) is 10.0. The number of rotatable bonds is 5. The van der Waals surface area contributed by atoms with E-state index in [0.717, 1.165) is 12.8 Å². The lowest BCUT2D eigenvalue weighted by atomic mass is 10.0. The summed E-state index contributed by atoms with van der Waals surface area (Å²) in [6.45, 7) is 6.52. The summed E-state index contributed by atoms with van der Waals surface area (Å²) in [5, 5.41) is 0.298. The third kappa shape index (κ3) is 4.25. The highest BCUT2D eigenvalue weighted by molar-refractivity contribution is 6.20. The van der Waals surface area contributed by atoms with Gasteiger partial charge in [0, 0.05) is 5.38 Å². The lowest BCUT2D eigenvalue weighted by Gasteiger charge is -2.10. The van der Waals surface area contributed by atoms with E-state index in [-0.39, 0.29) is 0 Å². The van der Waals surface area contributed by atoms with Crippen molar-refractivity contribution in [2.45, 2.75) is 51.8 Å². The highest BCUT2D eigenvalue weighted by atomic mass is 35.5. The Morgan fingerprint density at radius 3 is 2.53 bits per heavy atom. The van der Waals surface area contributed by atoms with E-state index in [1.54, 1.807) is 0 Å². The number of aryl methyl sites for hydroxylation is 2. The Hall–Kier alpha value is -0.490. The average molecular weight is 225 g/mol. The highest BCUT2D eigenvalue weighted by Gasteiger charge is 2.05. The number of alkyl halides is 1. The predicted molar refractivity (Wildman–Crippen MR) is 68.8 cm³/mol. The fourth-order valence-electron chi connectivity index (χ4n) is 1.71. The molecule has 1 unspecified atom stereocenters. The summed E-state index contributed by atoms with van der Waals surface area (Å²) in [6.07, 6.45) is 4.60. The van der Waals surface area contributed by atoms with Gasteiger partial charge in [0.2, 0.25) is 0 Å². The molecule has 0 aliphatic heterocycles. The molecule has 1 atom stereocenters. The smallest absolute Gasteiger partial charge is 0.0376 e. The summed E-state index contributed by atoms with van der Waals surface area (Å²) in [5.41, 5.74) is 4.10. The Bertz CT molecular complexity index is 304. The van der Waals surface area contributed by atoms with Crippen LogP contribution in [0.5, 0.6) is 0 Å². The molecule has 0 nitrogen and oxygen atoms in total. The van der Waals surface area contributed by atoms with Crippen LogP contribution in [0.25, 0.3) is 0 Å². The molecular weight excluding hydrogens is 204 g/mol. The van der Waals surface area contributed by atoms with Crippen molar-refractivity contribution in [3.63, 3.8) is 0 Å². The fourth-order valence-corrected chi connectivity index (χ4v) is 2.05. The topological polar surface area (TPSA) is 0 Å². The first-order chi connectivity index (χ1) is 7.13. The van der Waals surface area contributed by atoms with Crippen LogP contribution in [0.3, 0.4) is 0 Å². The zero-order valence-corrected chi connectivity index (χ0v) is 10.8. The Balaban J connectivity index is 2.53. The van der Waals surface area contributed by atoms with Gasteiger partial charge in [-0.2, -0.15) is 0 Å². The summed E-state index contributed by atoms with van der Waals surface area (Å²) in [4.78, 5) is 0. The summed E-state index contributed by atoms with van der Waals surface area (Å²) < 4.78 is 0. The molecule has 0 amide bonds. The molecule has 0 saturated heterocycles. The van der Waals surface area contributed by atoms with Crippen LogP contribution in [0.2, 0.25) is 0 Å². The van der Waals surface area contributed by atoms with Gasteiger partial charge < -0.3 is 0 Å². The molecule has 0 N–H and O–H groups in total. The molecule has 84 valence electrons. The van der Waals surface area contributed by atoms with Gasteiger partial charge in [-0.25, -0.2) is 0 Å². The van der Waals surface area contributed by atoms with Crippen molar-refractivity contribution in [2.75, 3.05) is 0 Å². The van der Waals surface area contributed by atoms with Gasteiger partial charge in [0.15, 0.2) is 0 Å². The molecule has 0 spiro atoms. The van der Waals surface area contributed by atoms with Crippen molar-refractivity contribution in [2.24, 2.45) is 0 Å². The summed E-state index contributed by atoms with van der Waals surface area (Å²) in [6, 6.07) is 6.65. The molecule has 0 aliphatic rings. The standard InChI is InChI=1S/C14H21Cl/c1-4-5-6-14(15)10-13-8-7-11(2)12(3)9-13/h7-9,14H,4-6,10H2,1-3H3. The van der Waals surface area contributed by atoms with Crippen molar-refractivity contribution in [1.82, 2.24) is 0 Å². The van der Waals surface area contributed by atoms with Gasteiger partial charge in [-0.3, -0.25) is 0 Å². The molecule has 0 fully saturated rings. The lowest BCUT2D eigenvalue weighted by molar-refractivity contribution is 0.674. The molecule has 0 heterocycles. The molecule has 15 heavy (non-hydrogen) atoms. The maximum absolute atomic E-state index is 6.29. The second-order valence-corrected chi connectivity index (χ2v) is 4.98. The van der Waals surface area contributed by atoms with Crippen LogP contribution in [-0.4, -0.2) is 5.38 Å². The molecule has 0 aliphatic carbocycles. The summed E-state index contributed by atoms with van der Waals surface area (Å²) in [7, 11) is 0. The van der Waals surface area contributed by atoms with E-state index in [1.807, 2.05) is 0 Å². The molecule has 1 aromatic carbocycles. The highest BCUT2D eigenvalue weighted by Crippen LogP contribution is 2.16. The second-order valence-electron chi connectivity index (χ2n) is 4.36. The molecule has 1 aromatic rings. The molecule has 0 bridgehead atoms. The van der Waals surface area contributed by atoms with Crippen LogP contribution in [-0.2, 0) is 6.42 Å². The van der Waals surface area contributed by atoms with Crippen LogP contribution < -0.4 is 0 Å². The Morgan fingerprint density at radius 1 is 1.20 bits per heavy atom. The first-order valence-corrected chi connectivity index (χ1v) is 6.27. The Labute approximate surface area is 98.7 Å². The van der Waals surface area contributed by atoms with E-state index in [0.29, 0.717) is 5.38 Å². The minimum atomic E-state index is 0.298. The lowest BCUT2D eigenvalue weighted by Crippen LogP contribution is -2.03. The van der Waals surface area contributed by atoms with Crippen LogP contribution in [0.15, 0.2) is 18.2 Å². The first kappa shape index (κ1) is 12.6. The van der Waals surface area contributed by atoms with E-state index in [1.165, 1.54) is 29.5 Å². The van der Waals surface area contributed by atoms with Crippen LogP contribution in [0, 0.1) is 13.8 Å². The SMILES string of the molecule is CCCCC(Cl)Cc1ccc(C)c(C)c1. The van der Waals surface area contributed by atoms with E-state index < -0.39 is 0 Å². The normalized spacial score (nSPS) is 12.8. The minimum absolute atomic E-state index is 0.298. The van der Waals surface area contributed by atoms with E-state index in [9.17, 15) is 0 Å². The molecule has 1 heteroatoms.